The van der Waals surface area contributed by atoms with E-state index in [1.807, 2.05) is 0 Å². The highest BCUT2D eigenvalue weighted by Gasteiger charge is 2.01. The summed E-state index contributed by atoms with van der Waals surface area (Å²) in [6.07, 6.45) is 7.39. The average Bonchev–Trinajstić information content (AvgIpc) is 2.50. The van der Waals surface area contributed by atoms with Crippen LogP contribution in [0.25, 0.3) is 0 Å². The zero-order chi connectivity index (χ0) is 18.2. The number of rotatable bonds is 13. The summed E-state index contributed by atoms with van der Waals surface area (Å²) in [5.41, 5.74) is 0. The van der Waals surface area contributed by atoms with Crippen molar-refractivity contribution in [3.05, 3.63) is 0 Å². The van der Waals surface area contributed by atoms with Crippen LogP contribution in [0, 0.1) is 0 Å². The first kappa shape index (κ1) is 24.8. The molecule has 24 heavy (non-hydrogen) atoms. The first-order valence-corrected chi connectivity index (χ1v) is 14.1. The maximum atomic E-state index is 10.9. The average molecular weight is 449 g/mol. The van der Waals surface area contributed by atoms with E-state index < -0.39 is 21.6 Å². The summed E-state index contributed by atoms with van der Waals surface area (Å²) in [5, 5.41) is 6.43. The fourth-order valence-electron chi connectivity index (χ4n) is 1.61. The molecule has 0 rings (SSSR count). The van der Waals surface area contributed by atoms with Crippen LogP contribution in [-0.2, 0) is 21.6 Å². The molecule has 0 radical (unpaired) electrons. The molecule has 10 heteroatoms. The Balaban J connectivity index is 3.40. The van der Waals surface area contributed by atoms with Crippen molar-refractivity contribution in [2.75, 3.05) is 48.6 Å². The normalized spacial score (nSPS) is 13.2. The quantitative estimate of drug-likeness (QED) is 0.329. The Morgan fingerprint density at radius 1 is 0.792 bits per heavy atom. The number of hydrogen-bond donors (Lipinski definition) is 2. The standard InChI is InChI=1S/C14H28N2O2S6/c1-23(17)11-5-3-7-15-13(19)21-9-10-22-14(20)16-8-4-6-12-24(2)18/h3-12H2,1-2H3,(H,15,19)(H,16,20). The molecule has 0 saturated carbocycles. The molecule has 0 spiro atoms. The Bertz CT molecular complexity index is 382. The number of thiocarbonyl (C=S) groups is 2. The minimum atomic E-state index is -0.697. The predicted molar refractivity (Wildman–Crippen MR) is 122 cm³/mol. The molecule has 0 aliphatic carbocycles. The maximum Gasteiger partial charge on any atom is 0.133 e. The van der Waals surface area contributed by atoms with Crippen LogP contribution < -0.4 is 10.6 Å². The van der Waals surface area contributed by atoms with Gasteiger partial charge in [-0.15, -0.1) is 0 Å². The van der Waals surface area contributed by atoms with Gasteiger partial charge < -0.3 is 10.6 Å². The van der Waals surface area contributed by atoms with Gasteiger partial charge in [0.05, 0.1) is 0 Å². The van der Waals surface area contributed by atoms with Crippen molar-refractivity contribution in [3.63, 3.8) is 0 Å². The van der Waals surface area contributed by atoms with Crippen molar-refractivity contribution in [3.8, 4) is 0 Å². The van der Waals surface area contributed by atoms with Gasteiger partial charge in [-0.05, 0) is 25.7 Å². The van der Waals surface area contributed by atoms with Crippen LogP contribution in [-0.4, -0.2) is 65.7 Å². The first-order valence-electron chi connectivity index (χ1n) is 7.83. The lowest BCUT2D eigenvalue weighted by atomic mass is 10.3. The fraction of sp³-hybridized carbons (Fsp3) is 0.857. The van der Waals surface area contributed by atoms with E-state index in [4.69, 9.17) is 24.4 Å². The van der Waals surface area contributed by atoms with E-state index in [2.05, 4.69) is 10.6 Å². The van der Waals surface area contributed by atoms with Crippen molar-refractivity contribution in [2.24, 2.45) is 0 Å². The summed E-state index contributed by atoms with van der Waals surface area (Å²) in [4.78, 5) is 0. The van der Waals surface area contributed by atoms with E-state index in [0.29, 0.717) is 0 Å². The van der Waals surface area contributed by atoms with Crippen molar-refractivity contribution in [1.29, 1.82) is 0 Å². The maximum absolute atomic E-state index is 10.9. The summed E-state index contributed by atoms with van der Waals surface area (Å²) in [6.45, 7) is 1.69. The van der Waals surface area contributed by atoms with Crippen molar-refractivity contribution >= 4 is 78.2 Å². The van der Waals surface area contributed by atoms with E-state index in [1.165, 1.54) is 0 Å². The van der Waals surface area contributed by atoms with Crippen LogP contribution in [0.2, 0.25) is 0 Å². The minimum absolute atomic E-state index is 0.697. The third kappa shape index (κ3) is 19.1. The van der Waals surface area contributed by atoms with Crippen LogP contribution >= 0.6 is 48.0 Å². The van der Waals surface area contributed by atoms with Gasteiger partial charge in [-0.2, -0.15) is 0 Å². The van der Waals surface area contributed by atoms with Gasteiger partial charge >= 0.3 is 0 Å². The molecule has 0 fully saturated rings. The van der Waals surface area contributed by atoms with E-state index in [0.717, 1.165) is 70.4 Å². The Labute approximate surface area is 170 Å². The van der Waals surface area contributed by atoms with E-state index in [1.54, 1.807) is 36.0 Å². The molecule has 2 N–H and O–H groups in total. The Morgan fingerprint density at radius 2 is 1.17 bits per heavy atom. The predicted octanol–water partition coefficient (Wildman–Crippen LogP) is 2.52. The summed E-state index contributed by atoms with van der Waals surface area (Å²) in [7, 11) is -1.39. The SMILES string of the molecule is CS(=O)CCCCNC(=S)SCCSC(=S)NCCCCS(C)=O. The van der Waals surface area contributed by atoms with Crippen LogP contribution in [0.4, 0.5) is 0 Å². The van der Waals surface area contributed by atoms with Crippen molar-refractivity contribution in [1.82, 2.24) is 10.6 Å². The molecule has 0 aliphatic rings. The molecule has 142 valence electrons. The highest BCUT2D eigenvalue weighted by atomic mass is 32.2. The second-order valence-corrected chi connectivity index (χ2v) is 11.7. The number of nitrogens with one attached hydrogen (secondary N) is 2. The largest absolute Gasteiger partial charge is 0.371 e. The Morgan fingerprint density at radius 3 is 1.50 bits per heavy atom. The molecule has 0 aromatic heterocycles. The number of unbranched alkanes of at least 4 members (excludes halogenated alkanes) is 2. The van der Waals surface area contributed by atoms with Gasteiger partial charge in [0.2, 0.25) is 0 Å². The van der Waals surface area contributed by atoms with Crippen molar-refractivity contribution in [2.45, 2.75) is 25.7 Å². The molecule has 0 aliphatic heterocycles. The molecule has 0 aromatic carbocycles. The topological polar surface area (TPSA) is 58.2 Å². The summed E-state index contributed by atoms with van der Waals surface area (Å²) in [5.74, 6) is 3.37. The van der Waals surface area contributed by atoms with Gasteiger partial charge in [0.1, 0.15) is 8.64 Å². The second kappa shape index (κ2) is 17.2. The van der Waals surface area contributed by atoms with Crippen LogP contribution in [0.5, 0.6) is 0 Å². The molecule has 4 nitrogen and oxygen atoms in total. The zero-order valence-corrected chi connectivity index (χ0v) is 19.2. The molecular weight excluding hydrogens is 421 g/mol. The fourth-order valence-corrected chi connectivity index (χ4v) is 4.98. The summed E-state index contributed by atoms with van der Waals surface area (Å²) < 4.78 is 23.5. The lowest BCUT2D eigenvalue weighted by Crippen LogP contribution is -2.22. The number of thioether (sulfide) groups is 2. The number of hydrogen-bond acceptors (Lipinski definition) is 6. The molecule has 0 heterocycles. The van der Waals surface area contributed by atoms with Gasteiger partial charge in [-0.25, -0.2) is 0 Å². The molecule has 2 atom stereocenters. The molecule has 0 aromatic rings. The summed E-state index contributed by atoms with van der Waals surface area (Å²) >= 11 is 13.8. The smallest absolute Gasteiger partial charge is 0.133 e. The third-order valence-corrected chi connectivity index (χ3v) is 7.42. The molecule has 0 bridgehead atoms. The van der Waals surface area contributed by atoms with Gasteiger partial charge in [0.15, 0.2) is 0 Å². The monoisotopic (exact) mass is 448 g/mol. The Hall–Kier alpha value is 0.780. The van der Waals surface area contributed by atoms with Crippen LogP contribution in [0.15, 0.2) is 0 Å². The summed E-state index contributed by atoms with van der Waals surface area (Å²) in [6, 6.07) is 0. The highest BCUT2D eigenvalue weighted by molar-refractivity contribution is 8.25. The van der Waals surface area contributed by atoms with Gasteiger partial charge in [-0.3, -0.25) is 8.42 Å². The van der Waals surface area contributed by atoms with Gasteiger partial charge in [0, 0.05) is 70.2 Å². The lowest BCUT2D eigenvalue weighted by Gasteiger charge is -2.08. The van der Waals surface area contributed by atoms with E-state index in [9.17, 15) is 8.42 Å². The van der Waals surface area contributed by atoms with Crippen LogP contribution in [0.1, 0.15) is 25.7 Å². The molecule has 0 saturated heterocycles. The zero-order valence-electron chi connectivity index (χ0n) is 14.3. The highest BCUT2D eigenvalue weighted by Crippen LogP contribution is 2.09. The Kier molecular flexibility index (Phi) is 17.8. The first-order chi connectivity index (χ1) is 11.4. The second-order valence-electron chi connectivity index (χ2n) is 5.09. The van der Waals surface area contributed by atoms with E-state index >= 15 is 0 Å². The van der Waals surface area contributed by atoms with Crippen molar-refractivity contribution < 1.29 is 8.42 Å². The van der Waals surface area contributed by atoms with Gasteiger partial charge in [0.25, 0.3) is 0 Å². The third-order valence-electron chi connectivity index (χ3n) is 2.81. The van der Waals surface area contributed by atoms with Gasteiger partial charge in [-0.1, -0.05) is 48.0 Å². The molecular formula is C14H28N2O2S6. The molecule has 0 amide bonds. The minimum Gasteiger partial charge on any atom is -0.371 e. The molecule has 2 unspecified atom stereocenters. The van der Waals surface area contributed by atoms with E-state index in [-0.39, 0.29) is 0 Å². The lowest BCUT2D eigenvalue weighted by molar-refractivity contribution is 0.679. The van der Waals surface area contributed by atoms with Crippen LogP contribution in [0.3, 0.4) is 0 Å².